The third-order valence-electron chi connectivity index (χ3n) is 4.22. The molecule has 124 valence electrons. The molecule has 0 radical (unpaired) electrons. The number of hydrogen-bond donors (Lipinski definition) is 1. The van der Waals surface area contributed by atoms with E-state index in [4.69, 9.17) is 4.74 Å². The smallest absolute Gasteiger partial charge is 0.193 e. The molecule has 1 N–H and O–H groups in total. The molecule has 0 atom stereocenters. The van der Waals surface area contributed by atoms with Crippen LogP contribution in [0.4, 0.5) is 0 Å². The SMILES string of the molecule is CN=C(NCCC1CCOCC1)N(C)Cc1cc(Br)cn1C. The lowest BCUT2D eigenvalue weighted by molar-refractivity contribution is 0.0643. The van der Waals surface area contributed by atoms with Gasteiger partial charge in [-0.3, -0.25) is 4.99 Å². The number of ether oxygens (including phenoxy) is 1. The van der Waals surface area contributed by atoms with Crippen LogP contribution in [0.5, 0.6) is 0 Å². The number of aryl methyl sites for hydroxylation is 1. The minimum Gasteiger partial charge on any atom is -0.381 e. The molecule has 1 aromatic heterocycles. The Hall–Kier alpha value is -1.01. The highest BCUT2D eigenvalue weighted by atomic mass is 79.9. The van der Waals surface area contributed by atoms with Gasteiger partial charge in [0.05, 0.1) is 6.54 Å². The van der Waals surface area contributed by atoms with Gasteiger partial charge in [-0.05, 0) is 47.2 Å². The normalized spacial score (nSPS) is 16.8. The minimum absolute atomic E-state index is 0.786. The van der Waals surface area contributed by atoms with Gasteiger partial charge in [-0.25, -0.2) is 0 Å². The van der Waals surface area contributed by atoms with Crippen LogP contribution >= 0.6 is 15.9 Å². The van der Waals surface area contributed by atoms with E-state index in [2.05, 4.69) is 62.1 Å². The molecule has 1 aliphatic heterocycles. The summed E-state index contributed by atoms with van der Waals surface area (Å²) < 4.78 is 8.65. The molecule has 0 bridgehead atoms. The molecular weight excluding hydrogens is 344 g/mol. The van der Waals surface area contributed by atoms with E-state index < -0.39 is 0 Å². The number of nitrogens with one attached hydrogen (secondary N) is 1. The quantitative estimate of drug-likeness (QED) is 0.639. The molecule has 0 saturated carbocycles. The molecular formula is C16H27BrN4O. The molecule has 0 unspecified atom stereocenters. The fraction of sp³-hybridized carbons (Fsp3) is 0.688. The lowest BCUT2D eigenvalue weighted by Gasteiger charge is -2.25. The highest BCUT2D eigenvalue weighted by Gasteiger charge is 2.14. The first-order valence-corrected chi connectivity index (χ1v) is 8.69. The van der Waals surface area contributed by atoms with Gasteiger partial charge in [0, 0.05) is 57.3 Å². The molecule has 0 aromatic carbocycles. The van der Waals surface area contributed by atoms with E-state index in [0.717, 1.165) is 42.7 Å². The van der Waals surface area contributed by atoms with Crippen LogP contribution in [0.1, 0.15) is 25.0 Å². The predicted molar refractivity (Wildman–Crippen MR) is 94.1 cm³/mol. The lowest BCUT2D eigenvalue weighted by atomic mass is 9.97. The van der Waals surface area contributed by atoms with Crippen LogP contribution < -0.4 is 5.32 Å². The Morgan fingerprint density at radius 2 is 2.23 bits per heavy atom. The largest absolute Gasteiger partial charge is 0.381 e. The Balaban J connectivity index is 1.79. The molecule has 1 saturated heterocycles. The lowest BCUT2D eigenvalue weighted by Crippen LogP contribution is -2.39. The van der Waals surface area contributed by atoms with Crippen LogP contribution in [-0.4, -0.2) is 49.3 Å². The fourth-order valence-corrected chi connectivity index (χ4v) is 3.42. The second kappa shape index (κ2) is 8.58. The number of hydrogen-bond acceptors (Lipinski definition) is 2. The maximum Gasteiger partial charge on any atom is 0.193 e. The zero-order valence-electron chi connectivity index (χ0n) is 13.8. The summed E-state index contributed by atoms with van der Waals surface area (Å²) >= 11 is 3.52. The molecule has 0 aliphatic carbocycles. The van der Waals surface area contributed by atoms with Crippen LogP contribution in [-0.2, 0) is 18.3 Å². The Morgan fingerprint density at radius 3 is 2.82 bits per heavy atom. The Bertz CT molecular complexity index is 494. The molecule has 1 aliphatic rings. The van der Waals surface area contributed by atoms with Gasteiger partial charge in [0.1, 0.15) is 0 Å². The summed E-state index contributed by atoms with van der Waals surface area (Å²) in [5, 5.41) is 3.48. The van der Waals surface area contributed by atoms with Crippen molar-refractivity contribution >= 4 is 21.9 Å². The molecule has 2 heterocycles. The van der Waals surface area contributed by atoms with Crippen molar-refractivity contribution in [3.8, 4) is 0 Å². The zero-order chi connectivity index (χ0) is 15.9. The number of rotatable bonds is 5. The number of guanidine groups is 1. The van der Waals surface area contributed by atoms with E-state index in [1.165, 1.54) is 25.0 Å². The maximum absolute atomic E-state index is 5.41. The van der Waals surface area contributed by atoms with Crippen molar-refractivity contribution < 1.29 is 4.74 Å². The molecule has 22 heavy (non-hydrogen) atoms. The minimum atomic E-state index is 0.786. The maximum atomic E-state index is 5.41. The topological polar surface area (TPSA) is 41.8 Å². The molecule has 2 rings (SSSR count). The van der Waals surface area contributed by atoms with E-state index >= 15 is 0 Å². The third kappa shape index (κ3) is 5.02. The highest BCUT2D eigenvalue weighted by molar-refractivity contribution is 9.10. The second-order valence-electron chi connectivity index (χ2n) is 5.94. The molecule has 5 nitrogen and oxygen atoms in total. The van der Waals surface area contributed by atoms with Gasteiger partial charge in [0.2, 0.25) is 0 Å². The van der Waals surface area contributed by atoms with Crippen molar-refractivity contribution in [2.24, 2.45) is 18.0 Å². The third-order valence-corrected chi connectivity index (χ3v) is 4.66. The predicted octanol–water partition coefficient (Wildman–Crippen LogP) is 2.61. The van der Waals surface area contributed by atoms with Crippen molar-refractivity contribution in [1.82, 2.24) is 14.8 Å². The van der Waals surface area contributed by atoms with Gasteiger partial charge in [0.15, 0.2) is 5.96 Å². The summed E-state index contributed by atoms with van der Waals surface area (Å²) in [6.07, 6.45) is 5.64. The summed E-state index contributed by atoms with van der Waals surface area (Å²) in [6, 6.07) is 2.14. The Morgan fingerprint density at radius 1 is 1.50 bits per heavy atom. The van der Waals surface area contributed by atoms with Crippen LogP contribution in [0.15, 0.2) is 21.7 Å². The number of nitrogens with zero attached hydrogens (tertiary/aromatic N) is 3. The van der Waals surface area contributed by atoms with E-state index in [9.17, 15) is 0 Å². The van der Waals surface area contributed by atoms with Crippen molar-refractivity contribution in [1.29, 1.82) is 0 Å². The number of halogens is 1. The van der Waals surface area contributed by atoms with E-state index in [0.29, 0.717) is 0 Å². The summed E-state index contributed by atoms with van der Waals surface area (Å²) in [5.74, 6) is 1.73. The standard InChI is InChI=1S/C16H27BrN4O/c1-18-16(19-7-4-13-5-8-22-9-6-13)21(3)12-15-10-14(17)11-20(15)2/h10-11,13H,4-9,12H2,1-3H3,(H,18,19). The molecule has 0 spiro atoms. The number of aromatic nitrogens is 1. The first kappa shape index (κ1) is 17.3. The van der Waals surface area contributed by atoms with Gasteiger partial charge < -0.3 is 19.5 Å². The van der Waals surface area contributed by atoms with Crippen LogP contribution in [0.3, 0.4) is 0 Å². The summed E-state index contributed by atoms with van der Waals surface area (Å²) in [5.41, 5.74) is 1.25. The fourth-order valence-electron chi connectivity index (χ4n) is 2.85. The molecule has 1 fully saturated rings. The van der Waals surface area contributed by atoms with Crippen LogP contribution in [0.2, 0.25) is 0 Å². The van der Waals surface area contributed by atoms with Gasteiger partial charge in [-0.2, -0.15) is 0 Å². The first-order chi connectivity index (χ1) is 10.6. The monoisotopic (exact) mass is 370 g/mol. The number of aliphatic imine (C=N–C) groups is 1. The highest BCUT2D eigenvalue weighted by Crippen LogP contribution is 2.18. The van der Waals surface area contributed by atoms with Crippen molar-refractivity contribution in [2.75, 3.05) is 33.9 Å². The van der Waals surface area contributed by atoms with Gasteiger partial charge in [0.25, 0.3) is 0 Å². The average molecular weight is 371 g/mol. The second-order valence-corrected chi connectivity index (χ2v) is 6.85. The average Bonchev–Trinajstić information content (AvgIpc) is 2.82. The van der Waals surface area contributed by atoms with Crippen LogP contribution in [0, 0.1) is 5.92 Å². The molecule has 6 heteroatoms. The van der Waals surface area contributed by atoms with Crippen molar-refractivity contribution in [3.05, 3.63) is 22.4 Å². The Labute approximate surface area is 141 Å². The summed E-state index contributed by atoms with van der Waals surface area (Å²) in [6.45, 7) is 3.64. The van der Waals surface area contributed by atoms with Crippen molar-refractivity contribution in [2.45, 2.75) is 25.8 Å². The van der Waals surface area contributed by atoms with Gasteiger partial charge >= 0.3 is 0 Å². The van der Waals surface area contributed by atoms with Gasteiger partial charge in [-0.1, -0.05) is 0 Å². The summed E-state index contributed by atoms with van der Waals surface area (Å²) in [4.78, 5) is 6.55. The van der Waals surface area contributed by atoms with Crippen LogP contribution in [0.25, 0.3) is 0 Å². The zero-order valence-corrected chi connectivity index (χ0v) is 15.4. The molecule has 0 amide bonds. The van der Waals surface area contributed by atoms with Crippen molar-refractivity contribution in [3.63, 3.8) is 0 Å². The Kier molecular flexibility index (Phi) is 6.76. The van der Waals surface area contributed by atoms with E-state index in [1.54, 1.807) is 0 Å². The van der Waals surface area contributed by atoms with E-state index in [1.807, 2.05) is 7.05 Å². The summed E-state index contributed by atoms with van der Waals surface area (Å²) in [7, 11) is 5.98. The first-order valence-electron chi connectivity index (χ1n) is 7.90. The van der Waals surface area contributed by atoms with Gasteiger partial charge in [-0.15, -0.1) is 0 Å². The van der Waals surface area contributed by atoms with E-state index in [-0.39, 0.29) is 0 Å². The molecule has 1 aromatic rings.